The van der Waals surface area contributed by atoms with Gasteiger partial charge in [-0.15, -0.1) is 0 Å². The molecule has 0 unspecified atom stereocenters. The fourth-order valence-electron chi connectivity index (χ4n) is 2.66. The minimum atomic E-state index is -0.538. The van der Waals surface area contributed by atoms with Crippen molar-refractivity contribution in [1.29, 1.82) is 5.26 Å². The number of nitrogens with zero attached hydrogens (tertiary/aromatic N) is 1. The van der Waals surface area contributed by atoms with Crippen molar-refractivity contribution in [3.63, 3.8) is 0 Å². The van der Waals surface area contributed by atoms with E-state index in [1.165, 1.54) is 21.3 Å². The molecule has 0 bridgehead atoms. The molecule has 1 atom stereocenters. The van der Waals surface area contributed by atoms with Crippen molar-refractivity contribution in [2.75, 3.05) is 27.1 Å². The number of ether oxygens (including phenoxy) is 3. The quantitative estimate of drug-likeness (QED) is 0.733. The standard InChI is InChI=1S/C17H19N3O5S/c1-23-12-4-9(5-13(24-2)16(12)25-3)10-6-15(22)20-17(11(10)7-18)26-8-14(19)21/h4-5,10H,6,8H2,1-3H3,(H2,19,21)(H,20,22)/t10-/m1/s1. The number of amides is 2. The number of carbonyl (C=O) groups is 2. The number of nitrogens with one attached hydrogen (secondary N) is 1. The summed E-state index contributed by atoms with van der Waals surface area (Å²) in [5, 5.41) is 12.6. The largest absolute Gasteiger partial charge is 0.493 e. The molecule has 0 saturated heterocycles. The smallest absolute Gasteiger partial charge is 0.227 e. The molecule has 0 radical (unpaired) electrons. The van der Waals surface area contributed by atoms with Gasteiger partial charge in [-0.25, -0.2) is 0 Å². The normalized spacial score (nSPS) is 16.5. The van der Waals surface area contributed by atoms with Crippen LogP contribution in [-0.2, 0) is 9.59 Å². The lowest BCUT2D eigenvalue weighted by Gasteiger charge is -2.26. The van der Waals surface area contributed by atoms with Crippen LogP contribution in [0.4, 0.5) is 0 Å². The van der Waals surface area contributed by atoms with Gasteiger partial charge in [-0.1, -0.05) is 11.8 Å². The molecule has 138 valence electrons. The lowest BCUT2D eigenvalue weighted by atomic mass is 9.86. The first-order valence-electron chi connectivity index (χ1n) is 7.60. The second kappa shape index (κ2) is 8.49. The summed E-state index contributed by atoms with van der Waals surface area (Å²) < 4.78 is 16.0. The maximum absolute atomic E-state index is 12.1. The van der Waals surface area contributed by atoms with E-state index < -0.39 is 11.8 Å². The molecule has 0 spiro atoms. The SMILES string of the molecule is COc1cc([C@H]2CC(=O)NC(SCC(N)=O)=C2C#N)cc(OC)c1OC. The van der Waals surface area contributed by atoms with E-state index >= 15 is 0 Å². The van der Waals surface area contributed by atoms with Crippen molar-refractivity contribution >= 4 is 23.6 Å². The zero-order valence-electron chi connectivity index (χ0n) is 14.6. The Kier molecular flexibility index (Phi) is 6.36. The van der Waals surface area contributed by atoms with Gasteiger partial charge in [0.15, 0.2) is 11.5 Å². The lowest BCUT2D eigenvalue weighted by molar-refractivity contribution is -0.121. The molecule has 2 rings (SSSR count). The van der Waals surface area contributed by atoms with Crippen LogP contribution in [-0.4, -0.2) is 38.9 Å². The molecule has 9 heteroatoms. The molecular weight excluding hydrogens is 358 g/mol. The molecule has 1 heterocycles. The maximum atomic E-state index is 12.1. The van der Waals surface area contributed by atoms with Gasteiger partial charge in [0.1, 0.15) is 0 Å². The van der Waals surface area contributed by atoms with Gasteiger partial charge in [-0.05, 0) is 17.7 Å². The van der Waals surface area contributed by atoms with Gasteiger partial charge < -0.3 is 25.3 Å². The van der Waals surface area contributed by atoms with Gasteiger partial charge in [-0.3, -0.25) is 9.59 Å². The molecule has 1 aliphatic heterocycles. The summed E-state index contributed by atoms with van der Waals surface area (Å²) in [6, 6.07) is 5.54. The van der Waals surface area contributed by atoms with Crippen LogP contribution >= 0.6 is 11.8 Å². The summed E-state index contributed by atoms with van der Waals surface area (Å²) in [5.74, 6) is -0.0581. The van der Waals surface area contributed by atoms with Gasteiger partial charge in [0, 0.05) is 12.3 Å². The summed E-state index contributed by atoms with van der Waals surface area (Å²) in [7, 11) is 4.47. The average Bonchev–Trinajstić information content (AvgIpc) is 2.64. The molecule has 26 heavy (non-hydrogen) atoms. The van der Waals surface area contributed by atoms with E-state index in [2.05, 4.69) is 11.4 Å². The third-order valence-electron chi connectivity index (χ3n) is 3.80. The molecule has 0 aliphatic carbocycles. The van der Waals surface area contributed by atoms with E-state index in [9.17, 15) is 14.9 Å². The first kappa shape index (κ1) is 19.5. The number of benzene rings is 1. The second-order valence-corrected chi connectivity index (χ2v) is 6.36. The molecule has 1 aromatic carbocycles. The fraction of sp³-hybridized carbons (Fsp3) is 0.353. The van der Waals surface area contributed by atoms with Crippen molar-refractivity contribution in [1.82, 2.24) is 5.32 Å². The highest BCUT2D eigenvalue weighted by Gasteiger charge is 2.31. The molecule has 8 nitrogen and oxygen atoms in total. The summed E-state index contributed by atoms with van der Waals surface area (Å²) in [6.45, 7) is 0. The van der Waals surface area contributed by atoms with E-state index in [4.69, 9.17) is 19.9 Å². The zero-order chi connectivity index (χ0) is 19.3. The molecule has 1 aromatic rings. The van der Waals surface area contributed by atoms with Crippen LogP contribution in [0.1, 0.15) is 17.9 Å². The monoisotopic (exact) mass is 377 g/mol. The van der Waals surface area contributed by atoms with Crippen LogP contribution in [0.5, 0.6) is 17.2 Å². The van der Waals surface area contributed by atoms with E-state index in [1.807, 2.05) is 0 Å². The lowest BCUT2D eigenvalue weighted by Crippen LogP contribution is -2.31. The number of allylic oxidation sites excluding steroid dienone is 1. The number of nitriles is 1. The van der Waals surface area contributed by atoms with Crippen LogP contribution in [0.15, 0.2) is 22.7 Å². The van der Waals surface area contributed by atoms with E-state index in [-0.39, 0.29) is 18.1 Å². The van der Waals surface area contributed by atoms with Crippen molar-refractivity contribution in [3.05, 3.63) is 28.3 Å². The van der Waals surface area contributed by atoms with Crippen LogP contribution in [0.25, 0.3) is 0 Å². The number of carbonyl (C=O) groups excluding carboxylic acids is 2. The average molecular weight is 377 g/mol. The van der Waals surface area contributed by atoms with Crippen molar-refractivity contribution in [2.45, 2.75) is 12.3 Å². The van der Waals surface area contributed by atoms with Gasteiger partial charge in [0.25, 0.3) is 0 Å². The predicted octanol–water partition coefficient (Wildman–Crippen LogP) is 1.27. The summed E-state index contributed by atoms with van der Waals surface area (Å²) in [5.41, 5.74) is 6.18. The van der Waals surface area contributed by atoms with Gasteiger partial charge in [0.2, 0.25) is 17.6 Å². The molecule has 0 fully saturated rings. The number of hydrogen-bond acceptors (Lipinski definition) is 7. The summed E-state index contributed by atoms with van der Waals surface area (Å²) in [6.07, 6.45) is 0.0855. The topological polar surface area (TPSA) is 124 Å². The highest BCUT2D eigenvalue weighted by atomic mass is 32.2. The Hall–Kier alpha value is -2.86. The van der Waals surface area contributed by atoms with Crippen LogP contribution in [0.2, 0.25) is 0 Å². The Morgan fingerprint density at radius 3 is 2.38 bits per heavy atom. The van der Waals surface area contributed by atoms with Crippen molar-refractivity contribution in [3.8, 4) is 23.3 Å². The maximum Gasteiger partial charge on any atom is 0.227 e. The number of hydrogen-bond donors (Lipinski definition) is 2. The molecule has 1 aliphatic rings. The first-order chi connectivity index (χ1) is 12.4. The summed E-state index contributed by atoms with van der Waals surface area (Å²) in [4.78, 5) is 23.2. The number of thioether (sulfide) groups is 1. The van der Waals surface area contributed by atoms with E-state index in [0.29, 0.717) is 33.4 Å². The number of methoxy groups -OCH3 is 3. The van der Waals surface area contributed by atoms with Crippen LogP contribution in [0.3, 0.4) is 0 Å². The van der Waals surface area contributed by atoms with Crippen molar-refractivity contribution < 1.29 is 23.8 Å². The number of primary amides is 1. The Labute approximate surface area is 155 Å². The molecule has 0 aromatic heterocycles. The van der Waals surface area contributed by atoms with Crippen molar-refractivity contribution in [2.24, 2.45) is 5.73 Å². The zero-order valence-corrected chi connectivity index (χ0v) is 15.4. The molecule has 0 saturated carbocycles. The van der Waals surface area contributed by atoms with Gasteiger partial charge >= 0.3 is 0 Å². The summed E-state index contributed by atoms with van der Waals surface area (Å²) >= 11 is 1.03. The molecule has 3 N–H and O–H groups in total. The fourth-order valence-corrected chi connectivity index (χ4v) is 3.48. The predicted molar refractivity (Wildman–Crippen MR) is 95.9 cm³/mol. The minimum absolute atomic E-state index is 0.0389. The van der Waals surface area contributed by atoms with Crippen LogP contribution < -0.4 is 25.3 Å². The Morgan fingerprint density at radius 2 is 1.92 bits per heavy atom. The third-order valence-corrected chi connectivity index (χ3v) is 4.84. The van der Waals surface area contributed by atoms with E-state index in [1.54, 1.807) is 12.1 Å². The van der Waals surface area contributed by atoms with Gasteiger partial charge in [0.05, 0.1) is 43.8 Å². The van der Waals surface area contributed by atoms with Crippen LogP contribution in [0, 0.1) is 11.3 Å². The Bertz CT molecular complexity index is 775. The number of rotatable bonds is 7. The highest BCUT2D eigenvalue weighted by molar-refractivity contribution is 8.03. The highest BCUT2D eigenvalue weighted by Crippen LogP contribution is 2.43. The van der Waals surface area contributed by atoms with E-state index in [0.717, 1.165) is 11.8 Å². The minimum Gasteiger partial charge on any atom is -0.493 e. The first-order valence-corrected chi connectivity index (χ1v) is 8.58. The second-order valence-electron chi connectivity index (χ2n) is 5.37. The third kappa shape index (κ3) is 4.03. The molecule has 2 amide bonds. The number of nitrogens with two attached hydrogens (primary N) is 1. The van der Waals surface area contributed by atoms with Gasteiger partial charge in [-0.2, -0.15) is 5.26 Å². The Morgan fingerprint density at radius 1 is 1.31 bits per heavy atom. The molecular formula is C17H19N3O5S. The Balaban J connectivity index is 2.54.